The molecule has 75 heavy (non-hydrogen) atoms. The van der Waals surface area contributed by atoms with Gasteiger partial charge in [0.05, 0.1) is 0 Å². The van der Waals surface area contributed by atoms with Crippen molar-refractivity contribution < 1.29 is 9.31 Å². The lowest BCUT2D eigenvalue weighted by Crippen LogP contribution is -2.61. The molecule has 0 atom stereocenters. The molecule has 0 aliphatic carbocycles. The smallest absolute Gasteiger partial charge is 0.431 e. The van der Waals surface area contributed by atoms with Crippen LogP contribution in [0.3, 0.4) is 0 Å². The van der Waals surface area contributed by atoms with Crippen molar-refractivity contribution >= 4 is 86.9 Å². The van der Waals surface area contributed by atoms with Gasteiger partial charge in [0.25, 0.3) is 0 Å². The lowest BCUT2D eigenvalue weighted by Gasteiger charge is -2.45. The molecule has 15 rings (SSSR count). The minimum absolute atomic E-state index is 0.0304. The van der Waals surface area contributed by atoms with Crippen LogP contribution in [0.15, 0.2) is 261 Å². The van der Waals surface area contributed by atoms with Crippen LogP contribution >= 0.6 is 0 Å². The fourth-order valence-corrected chi connectivity index (χ4v) is 12.6. The monoisotopic (exact) mass is 959 g/mol. The minimum atomic E-state index is -0.429. The molecule has 11 aromatic carbocycles. The SMILES string of the molecule is Cc1c2c(cc3c1N(c1ccccc1)c1cc(N(c4ccccc4)c4ccccc4)cc4c1B3Oc1ccccc1-4)B1Oc3ccccc3-c3cc(C(c4ccccc4)c4ccccc4)cc(c31)N2c1ccccc1. The van der Waals surface area contributed by atoms with Gasteiger partial charge in [0.15, 0.2) is 0 Å². The first-order valence-corrected chi connectivity index (χ1v) is 25.9. The van der Waals surface area contributed by atoms with Gasteiger partial charge in [-0.2, -0.15) is 0 Å². The summed E-state index contributed by atoms with van der Waals surface area (Å²) in [6, 6.07) is 94.3. The molecule has 0 radical (unpaired) electrons. The number of hydrogen-bond donors (Lipinski definition) is 0. The van der Waals surface area contributed by atoms with Crippen molar-refractivity contribution in [1.82, 2.24) is 0 Å². The van der Waals surface area contributed by atoms with Gasteiger partial charge < -0.3 is 24.0 Å². The van der Waals surface area contributed by atoms with Gasteiger partial charge in [0.2, 0.25) is 0 Å². The van der Waals surface area contributed by atoms with Gasteiger partial charge in [-0.05, 0) is 130 Å². The number of nitrogens with zero attached hydrogens (tertiary/aromatic N) is 3. The zero-order valence-electron chi connectivity index (χ0n) is 41.2. The van der Waals surface area contributed by atoms with E-state index < -0.39 is 13.8 Å². The molecule has 0 spiro atoms. The summed E-state index contributed by atoms with van der Waals surface area (Å²) >= 11 is 0. The van der Waals surface area contributed by atoms with Gasteiger partial charge >= 0.3 is 13.8 Å². The third-order valence-electron chi connectivity index (χ3n) is 15.7. The van der Waals surface area contributed by atoms with Crippen molar-refractivity contribution in [3.63, 3.8) is 0 Å². The largest absolute Gasteiger partial charge is 0.551 e. The lowest BCUT2D eigenvalue weighted by atomic mass is 9.45. The summed E-state index contributed by atoms with van der Waals surface area (Å²) in [6.07, 6.45) is 0. The van der Waals surface area contributed by atoms with Crippen LogP contribution in [0.2, 0.25) is 0 Å². The summed E-state index contributed by atoms with van der Waals surface area (Å²) in [6.45, 7) is 1.47. The highest BCUT2D eigenvalue weighted by atomic mass is 16.4. The molecule has 0 unspecified atom stereocenters. The lowest BCUT2D eigenvalue weighted by molar-refractivity contribution is 0.589. The van der Waals surface area contributed by atoms with Gasteiger partial charge in [-0.1, -0.05) is 182 Å². The third-order valence-corrected chi connectivity index (χ3v) is 15.7. The van der Waals surface area contributed by atoms with E-state index in [1.807, 2.05) is 0 Å². The average Bonchev–Trinajstić information content (AvgIpc) is 3.61. The van der Waals surface area contributed by atoms with Crippen LogP contribution in [-0.2, 0) is 0 Å². The molecule has 0 fully saturated rings. The molecule has 0 amide bonds. The highest BCUT2D eigenvalue weighted by molar-refractivity contribution is 6.89. The zero-order valence-corrected chi connectivity index (χ0v) is 41.2. The van der Waals surface area contributed by atoms with E-state index in [0.717, 1.165) is 107 Å². The number of fused-ring (bicyclic) bond motifs is 8. The third kappa shape index (κ3) is 6.81. The van der Waals surface area contributed by atoms with E-state index >= 15 is 0 Å². The maximum atomic E-state index is 7.45. The standard InChI is InChI=1S/C68H47B2N3O2/c1-45-67-58(69-65-56(54-36-20-22-38-62(54)74-69)40-48(41-60(65)72(67)51-32-16-6-17-33-51)64(46-24-8-2-9-25-46)47-26-10-3-11-27-47)44-59-68(45)73(52-34-18-7-19-35-52)61-43-53(42-57-55-37-21-23-39-63(55)75-70(59)66(57)61)71(49-28-12-4-13-29-49)50-30-14-5-15-31-50/h2-44,64H,1H3. The molecule has 4 aliphatic heterocycles. The number of rotatable bonds is 8. The fraction of sp³-hybridized carbons (Fsp3) is 0.0294. The zero-order chi connectivity index (χ0) is 49.6. The second-order valence-electron chi connectivity index (χ2n) is 19.9. The molecular formula is C68H47B2N3O2. The van der Waals surface area contributed by atoms with Crippen molar-refractivity contribution in [2.24, 2.45) is 0 Å². The minimum Gasteiger partial charge on any atom is -0.551 e. The van der Waals surface area contributed by atoms with Crippen LogP contribution < -0.4 is 45.9 Å². The van der Waals surface area contributed by atoms with Crippen LogP contribution in [0.5, 0.6) is 11.5 Å². The Balaban J connectivity index is 1.03. The van der Waals surface area contributed by atoms with Crippen molar-refractivity contribution in [3.05, 3.63) is 283 Å². The Hall–Kier alpha value is -9.45. The van der Waals surface area contributed by atoms with Gasteiger partial charge in [-0.15, -0.1) is 0 Å². The van der Waals surface area contributed by atoms with Crippen molar-refractivity contribution in [2.75, 3.05) is 14.7 Å². The van der Waals surface area contributed by atoms with Crippen LogP contribution in [0, 0.1) is 6.92 Å². The van der Waals surface area contributed by atoms with E-state index in [1.54, 1.807) is 0 Å². The fourth-order valence-electron chi connectivity index (χ4n) is 12.6. The second kappa shape index (κ2) is 17.4. The first-order chi connectivity index (χ1) is 37.2. The first kappa shape index (κ1) is 43.2. The van der Waals surface area contributed by atoms with Crippen LogP contribution in [0.25, 0.3) is 22.3 Å². The van der Waals surface area contributed by atoms with Gasteiger partial charge in [0.1, 0.15) is 11.5 Å². The predicted octanol–water partition coefficient (Wildman–Crippen LogP) is 14.5. The Bertz CT molecular complexity index is 3660. The summed E-state index contributed by atoms with van der Waals surface area (Å²) in [5, 5.41) is 0. The Morgan fingerprint density at radius 2 is 0.760 bits per heavy atom. The summed E-state index contributed by atoms with van der Waals surface area (Å²) in [5.74, 6) is 1.70. The molecule has 0 N–H and O–H groups in total. The van der Waals surface area contributed by atoms with Crippen LogP contribution in [-0.4, -0.2) is 13.8 Å². The quantitative estimate of drug-likeness (QED) is 0.112. The Morgan fingerprint density at radius 1 is 0.360 bits per heavy atom. The van der Waals surface area contributed by atoms with Gasteiger partial charge in [-0.3, -0.25) is 0 Å². The first-order valence-electron chi connectivity index (χ1n) is 25.9. The molecule has 352 valence electrons. The Kier molecular flexibility index (Phi) is 9.99. The molecule has 0 aromatic heterocycles. The van der Waals surface area contributed by atoms with Crippen molar-refractivity contribution in [2.45, 2.75) is 12.8 Å². The molecule has 0 saturated carbocycles. The van der Waals surface area contributed by atoms with E-state index in [1.165, 1.54) is 22.3 Å². The average molecular weight is 960 g/mol. The van der Waals surface area contributed by atoms with Crippen LogP contribution in [0.4, 0.5) is 51.2 Å². The highest BCUT2D eigenvalue weighted by Crippen LogP contribution is 2.52. The molecule has 5 nitrogen and oxygen atoms in total. The maximum absolute atomic E-state index is 7.45. The Labute approximate surface area is 438 Å². The van der Waals surface area contributed by atoms with E-state index in [9.17, 15) is 0 Å². The highest BCUT2D eigenvalue weighted by Gasteiger charge is 2.49. The topological polar surface area (TPSA) is 28.2 Å². The summed E-state index contributed by atoms with van der Waals surface area (Å²) in [4.78, 5) is 7.41. The van der Waals surface area contributed by atoms with E-state index in [0.29, 0.717) is 0 Å². The van der Waals surface area contributed by atoms with Crippen LogP contribution in [0.1, 0.15) is 28.2 Å². The number of hydrogen-bond acceptors (Lipinski definition) is 5. The molecule has 11 aromatic rings. The molecule has 0 bridgehead atoms. The predicted molar refractivity (Wildman–Crippen MR) is 311 cm³/mol. The number of anilines is 9. The van der Waals surface area contributed by atoms with Crippen molar-refractivity contribution in [3.8, 4) is 33.8 Å². The summed E-state index contributed by atoms with van der Waals surface area (Å²) in [7, 11) is 0. The molecular weight excluding hydrogens is 912 g/mol. The van der Waals surface area contributed by atoms with E-state index in [4.69, 9.17) is 9.31 Å². The normalized spacial score (nSPS) is 13.1. The molecule has 0 saturated heterocycles. The maximum Gasteiger partial charge on any atom is 0.431 e. The molecule has 7 heteroatoms. The summed E-state index contributed by atoms with van der Waals surface area (Å²) < 4.78 is 14.9. The molecule has 4 heterocycles. The molecule has 4 aliphatic rings. The van der Waals surface area contributed by atoms with Gasteiger partial charge in [0, 0.05) is 79.2 Å². The van der Waals surface area contributed by atoms with Gasteiger partial charge in [-0.25, -0.2) is 0 Å². The number of para-hydroxylation sites is 6. The van der Waals surface area contributed by atoms with E-state index in [2.05, 4.69) is 282 Å². The van der Waals surface area contributed by atoms with E-state index in [-0.39, 0.29) is 5.92 Å². The summed E-state index contributed by atoms with van der Waals surface area (Å²) in [5.41, 5.74) is 23.5. The second-order valence-corrected chi connectivity index (χ2v) is 19.9. The number of benzene rings is 11. The Morgan fingerprint density at radius 3 is 1.24 bits per heavy atom. The van der Waals surface area contributed by atoms with Crippen molar-refractivity contribution in [1.29, 1.82) is 0 Å².